The number of amides is 1. The number of aliphatic hydroxyl groups is 2. The number of carbonyl (C=O) groups excluding carboxylic acids is 3. The van der Waals surface area contributed by atoms with Crippen LogP contribution in [0.3, 0.4) is 0 Å². The van der Waals surface area contributed by atoms with Crippen molar-refractivity contribution >= 4 is 29.1 Å². The summed E-state index contributed by atoms with van der Waals surface area (Å²) < 4.78 is 32.4. The molecule has 0 aliphatic carbocycles. The average molecular weight is 830 g/mol. The molecular weight excluding hydrogens is 762 g/mol. The maximum atomic E-state index is 14.4. The topological polar surface area (TPSA) is 200 Å². The summed E-state index contributed by atoms with van der Waals surface area (Å²) in [5.74, 6) is -5.33. The quantitative estimate of drug-likeness (QED) is 0.177. The lowest BCUT2D eigenvalue weighted by atomic mass is 9.73. The van der Waals surface area contributed by atoms with Gasteiger partial charge < -0.3 is 49.0 Å². The minimum atomic E-state index is -1.82. The number of ketones is 1. The predicted octanol–water partition coefficient (Wildman–Crippen LogP) is 2.90. The van der Waals surface area contributed by atoms with Crippen LogP contribution in [0.1, 0.15) is 86.8 Å². The molecule has 16 nitrogen and oxygen atoms in total. The van der Waals surface area contributed by atoms with E-state index in [1.54, 1.807) is 20.0 Å². The van der Waals surface area contributed by atoms with Crippen molar-refractivity contribution in [1.82, 2.24) is 15.2 Å². The fraction of sp³-hybridized carbons (Fsp3) is 0.767. The highest BCUT2D eigenvalue weighted by molar-refractivity contribution is 6.01. The van der Waals surface area contributed by atoms with Gasteiger partial charge in [-0.25, -0.2) is 4.99 Å². The van der Waals surface area contributed by atoms with Crippen LogP contribution < -0.4 is 5.32 Å². The Kier molecular flexibility index (Phi) is 16.0. The number of cyclic esters (lactones) is 1. The van der Waals surface area contributed by atoms with E-state index in [0.29, 0.717) is 31.6 Å². The summed E-state index contributed by atoms with van der Waals surface area (Å²) in [7, 11) is 3.75. The highest BCUT2D eigenvalue weighted by Gasteiger charge is 2.53. The molecule has 4 aliphatic heterocycles. The van der Waals surface area contributed by atoms with Crippen molar-refractivity contribution in [2.24, 2.45) is 33.8 Å². The third-order valence-corrected chi connectivity index (χ3v) is 12.5. The van der Waals surface area contributed by atoms with Crippen molar-refractivity contribution < 1.29 is 53.1 Å². The van der Waals surface area contributed by atoms with Crippen molar-refractivity contribution in [2.75, 3.05) is 40.4 Å². The van der Waals surface area contributed by atoms with Crippen molar-refractivity contribution in [3.8, 4) is 0 Å². The molecule has 1 aromatic rings. The first-order chi connectivity index (χ1) is 27.9. The third-order valence-electron chi connectivity index (χ3n) is 12.5. The summed E-state index contributed by atoms with van der Waals surface area (Å²) >= 11 is 0. The highest BCUT2D eigenvalue weighted by atomic mass is 16.7. The number of aromatic nitrogens is 1. The van der Waals surface area contributed by atoms with Crippen molar-refractivity contribution in [2.45, 2.75) is 148 Å². The number of hydrogen-bond donors (Lipinski definition) is 3. The Bertz CT molecular complexity index is 1660. The first-order valence-corrected chi connectivity index (χ1v) is 21.2. The van der Waals surface area contributed by atoms with Crippen molar-refractivity contribution in [3.05, 3.63) is 30.1 Å². The SMILES string of the molecule is CC[C@H]1OC(=O)[C@H](C)C(=O)[C@H](C)[C@@H](O[C@@H]2O[C@H](C)C[C@H](N(C)C)[C@H]2O)[C@@]2(C)C[C@@H](C)C3=NC(=O)C(CCNCCc4ccccn4)O/N=C(\CO[C@@H]([C@@H]3C)[C@]1(C)O)CO2. The van der Waals surface area contributed by atoms with Crippen LogP contribution in [0.2, 0.25) is 0 Å². The molecule has 4 aliphatic rings. The molecule has 1 amide bonds. The van der Waals surface area contributed by atoms with Crippen LogP contribution >= 0.6 is 0 Å². The van der Waals surface area contributed by atoms with E-state index in [2.05, 4.69) is 15.5 Å². The zero-order valence-corrected chi connectivity index (χ0v) is 36.5. The number of Topliss-reactive ketones (excluding diaryl/α,β-unsaturated/α-hetero) is 1. The Labute approximate surface area is 348 Å². The van der Waals surface area contributed by atoms with E-state index in [1.165, 1.54) is 13.8 Å². The van der Waals surface area contributed by atoms with Crippen LogP contribution in [0, 0.1) is 23.7 Å². The fourth-order valence-corrected chi connectivity index (χ4v) is 9.10. The summed E-state index contributed by atoms with van der Waals surface area (Å²) in [6.45, 7) is 14.6. The normalized spacial score (nSPS) is 39.9. The standard InChI is InChI=1S/C43H67N5O11/c1-11-33-43(8,53)38-26(4)34-24(2)21-42(7,37(27(5)35(49)28(6)40(52)57-33)58-41-36(50)31(48(9)10)20-25(3)56-41)55-23-30(22-54-38)47-59-32(39(51)46-34)16-19-44-18-15-29-14-12-13-17-45-29/h12-14,17,24-28,31-33,36-38,41,44,50,53H,11,15-16,18-23H2,1-10H3/b46-34?,47-30+/t24-,25-,26-,27+,28-,31+,32?,33-,36-,37-,38+,41+,42-,43-/m1/s1. The lowest BCUT2D eigenvalue weighted by molar-refractivity contribution is -0.296. The predicted molar refractivity (Wildman–Crippen MR) is 219 cm³/mol. The molecule has 16 heteroatoms. The van der Waals surface area contributed by atoms with Crippen LogP contribution in [-0.4, -0.2) is 150 Å². The van der Waals surface area contributed by atoms with Crippen LogP contribution in [-0.2, 0) is 49.3 Å². The van der Waals surface area contributed by atoms with Gasteiger partial charge in [0.25, 0.3) is 5.91 Å². The van der Waals surface area contributed by atoms with Crippen molar-refractivity contribution in [3.63, 3.8) is 0 Å². The molecule has 1 unspecified atom stereocenters. The summed E-state index contributed by atoms with van der Waals surface area (Å²) in [5.41, 5.74) is -1.56. The van der Waals surface area contributed by atoms with Gasteiger partial charge in [-0.1, -0.05) is 38.9 Å². The van der Waals surface area contributed by atoms with Crippen LogP contribution in [0.4, 0.5) is 0 Å². The number of pyridine rings is 1. The van der Waals surface area contributed by atoms with Crippen molar-refractivity contribution in [1.29, 1.82) is 0 Å². The first-order valence-electron chi connectivity index (χ1n) is 21.2. The molecule has 59 heavy (non-hydrogen) atoms. The summed E-state index contributed by atoms with van der Waals surface area (Å²) in [4.78, 5) is 59.6. The summed E-state index contributed by atoms with van der Waals surface area (Å²) in [6, 6.07) is 5.45. The zero-order chi connectivity index (χ0) is 43.2. The number of nitrogens with one attached hydrogen (secondary N) is 1. The van der Waals surface area contributed by atoms with E-state index < -0.39 is 89.3 Å². The van der Waals surface area contributed by atoms with Gasteiger partial charge in [-0.05, 0) is 85.6 Å². The molecule has 3 fully saturated rings. The highest BCUT2D eigenvalue weighted by Crippen LogP contribution is 2.40. The molecule has 3 N–H and O–H groups in total. The lowest BCUT2D eigenvalue weighted by Gasteiger charge is -2.47. The molecule has 330 valence electrons. The van der Waals surface area contributed by atoms with E-state index in [1.807, 2.05) is 64.9 Å². The third kappa shape index (κ3) is 11.0. The van der Waals surface area contributed by atoms with E-state index >= 15 is 0 Å². The minimum Gasteiger partial charge on any atom is -0.459 e. The Morgan fingerprint density at radius 1 is 1.03 bits per heavy atom. The van der Waals surface area contributed by atoms with Gasteiger partial charge in [0.2, 0.25) is 6.10 Å². The molecule has 0 spiro atoms. The summed E-state index contributed by atoms with van der Waals surface area (Å²) in [5, 5.41) is 31.8. The molecule has 0 aromatic carbocycles. The zero-order valence-electron chi connectivity index (χ0n) is 36.5. The maximum Gasteiger partial charge on any atom is 0.316 e. The van der Waals surface area contributed by atoms with Gasteiger partial charge in [0.05, 0.1) is 37.1 Å². The Balaban J connectivity index is 1.59. The van der Waals surface area contributed by atoms with Gasteiger partial charge in [0.15, 0.2) is 12.1 Å². The maximum absolute atomic E-state index is 14.4. The van der Waals surface area contributed by atoms with E-state index in [4.69, 9.17) is 33.5 Å². The van der Waals surface area contributed by atoms with Gasteiger partial charge in [-0.3, -0.25) is 19.4 Å². The molecule has 1 aromatic heterocycles. The summed E-state index contributed by atoms with van der Waals surface area (Å²) in [6.07, 6.45) is -3.23. The fourth-order valence-electron chi connectivity index (χ4n) is 9.10. The van der Waals surface area contributed by atoms with Gasteiger partial charge in [-0.2, -0.15) is 0 Å². The van der Waals surface area contributed by atoms with E-state index in [0.717, 1.165) is 5.69 Å². The van der Waals surface area contributed by atoms with E-state index in [9.17, 15) is 24.6 Å². The average Bonchev–Trinajstić information content (AvgIpc) is 3.22. The Hall–Kier alpha value is -3.22. The number of rotatable bonds is 10. The smallest absolute Gasteiger partial charge is 0.316 e. The second-order valence-electron chi connectivity index (χ2n) is 17.6. The Morgan fingerprint density at radius 2 is 1.78 bits per heavy atom. The second-order valence-corrected chi connectivity index (χ2v) is 17.6. The van der Waals surface area contributed by atoms with Gasteiger partial charge in [0.1, 0.15) is 29.4 Å². The number of likely N-dealkylation sites (N-methyl/N-ethyl adjacent to an activating group) is 1. The van der Waals surface area contributed by atoms with Gasteiger partial charge >= 0.3 is 5.97 Å². The molecule has 0 radical (unpaired) electrons. The number of nitrogens with zero attached hydrogens (tertiary/aromatic N) is 4. The number of hydrogen-bond acceptors (Lipinski definition) is 15. The van der Waals surface area contributed by atoms with Gasteiger partial charge in [-0.15, -0.1) is 0 Å². The number of ether oxygens (including phenoxy) is 5. The number of aliphatic hydroxyl groups excluding tert-OH is 1. The van der Waals surface area contributed by atoms with Gasteiger partial charge in [0, 0.05) is 54.9 Å². The number of carbonyl (C=O) groups is 3. The lowest BCUT2D eigenvalue weighted by Crippen LogP contribution is -2.60. The number of fused-ring (bicyclic) bond motifs is 4. The van der Waals surface area contributed by atoms with E-state index in [-0.39, 0.29) is 50.3 Å². The van der Waals surface area contributed by atoms with Crippen LogP contribution in [0.5, 0.6) is 0 Å². The molecule has 14 atom stereocenters. The van der Waals surface area contributed by atoms with Crippen LogP contribution in [0.15, 0.2) is 34.5 Å². The molecule has 0 saturated carbocycles. The minimum absolute atomic E-state index is 0.167. The van der Waals surface area contributed by atoms with Crippen LogP contribution in [0.25, 0.3) is 0 Å². The monoisotopic (exact) mass is 829 g/mol. The number of esters is 1. The Morgan fingerprint density at radius 3 is 2.46 bits per heavy atom. The molecule has 5 heterocycles. The second kappa shape index (κ2) is 20.1. The number of oxime groups is 1. The largest absolute Gasteiger partial charge is 0.459 e. The number of aliphatic imine (C=N–C) groups is 1. The molecule has 4 bridgehead atoms. The first kappa shape index (κ1) is 46.8. The molecule has 5 rings (SSSR count). The molecule has 3 saturated heterocycles. The molecular formula is C43H67N5O11.